The molecule has 0 fully saturated rings. The van der Waals surface area contributed by atoms with Gasteiger partial charge in [0, 0.05) is 19.3 Å². The van der Waals surface area contributed by atoms with E-state index < -0.39 is 0 Å². The van der Waals surface area contributed by atoms with Gasteiger partial charge in [0.15, 0.2) is 0 Å². The van der Waals surface area contributed by atoms with Gasteiger partial charge in [0.25, 0.3) is 0 Å². The Hall–Kier alpha value is -2.66. The highest BCUT2D eigenvalue weighted by atomic mass is 16.5. The van der Waals surface area contributed by atoms with Gasteiger partial charge in [-0.05, 0) is 50.9 Å². The van der Waals surface area contributed by atoms with E-state index in [9.17, 15) is 5.11 Å². The second-order valence-corrected chi connectivity index (χ2v) is 4.97. The molecular formula is C21H31N3O2. The number of hydrogen-bond acceptors (Lipinski definition) is 5. The molecule has 26 heavy (non-hydrogen) atoms. The number of nitrogens with one attached hydrogen (secondary N) is 1. The van der Waals surface area contributed by atoms with Crippen molar-refractivity contribution >= 4 is 12.9 Å². The fraction of sp³-hybridized carbons (Fsp3) is 0.333. The minimum absolute atomic E-state index is 0.164. The number of allylic oxidation sites excluding steroid dienone is 3. The van der Waals surface area contributed by atoms with Crippen molar-refractivity contribution < 1.29 is 9.84 Å². The van der Waals surface area contributed by atoms with Crippen molar-refractivity contribution in [2.24, 2.45) is 9.98 Å². The van der Waals surface area contributed by atoms with Crippen molar-refractivity contribution in [1.82, 2.24) is 5.32 Å². The Balaban J connectivity index is 0.000000648. The zero-order valence-electron chi connectivity index (χ0n) is 16.3. The standard InChI is InChI=1S/C15H17NO2.C4H8N2.C2H6/c1-4-13(17)7-10-15(11-16-3)18-14-8-5-12(2)6-9-14;1-2-6-4-3-5-1;1-2/h4-11,17H,3H2,1-2H3;1,6H,2-4H2;1-2H3/b10-7-,13-4+,15-11-;;. The molecule has 0 saturated heterocycles. The number of aryl methyl sites for hydroxylation is 1. The summed E-state index contributed by atoms with van der Waals surface area (Å²) in [5.74, 6) is 1.37. The van der Waals surface area contributed by atoms with Crippen molar-refractivity contribution in [2.45, 2.75) is 27.7 Å². The van der Waals surface area contributed by atoms with Crippen molar-refractivity contribution in [1.29, 1.82) is 0 Å². The summed E-state index contributed by atoms with van der Waals surface area (Å²) in [5.41, 5.74) is 1.16. The van der Waals surface area contributed by atoms with Crippen LogP contribution in [0.4, 0.5) is 0 Å². The van der Waals surface area contributed by atoms with E-state index in [-0.39, 0.29) is 5.76 Å². The summed E-state index contributed by atoms with van der Waals surface area (Å²) in [7, 11) is 0. The first-order chi connectivity index (χ1) is 12.7. The van der Waals surface area contributed by atoms with Crippen molar-refractivity contribution in [2.75, 3.05) is 19.6 Å². The summed E-state index contributed by atoms with van der Waals surface area (Å²) in [5, 5.41) is 12.5. The van der Waals surface area contributed by atoms with Gasteiger partial charge in [-0.2, -0.15) is 0 Å². The molecule has 0 radical (unpaired) electrons. The Morgan fingerprint density at radius 1 is 1.27 bits per heavy atom. The monoisotopic (exact) mass is 357 g/mol. The second-order valence-electron chi connectivity index (χ2n) is 4.97. The summed E-state index contributed by atoms with van der Waals surface area (Å²) in [6.07, 6.45) is 8.14. The number of aliphatic hydroxyl groups excluding tert-OH is 1. The van der Waals surface area contributed by atoms with E-state index in [4.69, 9.17) is 4.74 Å². The van der Waals surface area contributed by atoms with Gasteiger partial charge in [0.05, 0.1) is 12.7 Å². The highest BCUT2D eigenvalue weighted by molar-refractivity contribution is 5.60. The smallest absolute Gasteiger partial charge is 0.145 e. The number of aliphatic imine (C=N–C) groups is 2. The van der Waals surface area contributed by atoms with Crippen molar-refractivity contribution in [3.63, 3.8) is 0 Å². The van der Waals surface area contributed by atoms with Crippen LogP contribution in [0.5, 0.6) is 5.75 Å². The zero-order chi connectivity index (χ0) is 19.6. The van der Waals surface area contributed by atoms with Crippen LogP contribution in [0.3, 0.4) is 0 Å². The third kappa shape index (κ3) is 11.8. The van der Waals surface area contributed by atoms with Crippen LogP contribution in [0.15, 0.2) is 70.2 Å². The third-order valence-electron chi connectivity index (χ3n) is 2.97. The molecule has 0 bridgehead atoms. The number of ether oxygens (including phenoxy) is 1. The zero-order valence-corrected chi connectivity index (χ0v) is 16.3. The SMILES string of the molecule is C1=NCCNC1.C=N/C=C(/C=C\C(O)=C/C)Oc1ccc(C)cc1.CC. The summed E-state index contributed by atoms with van der Waals surface area (Å²) in [6.45, 7) is 14.1. The first-order valence-corrected chi connectivity index (χ1v) is 8.78. The Bertz CT molecular complexity index is 607. The number of hydrogen-bond donors (Lipinski definition) is 2. The van der Waals surface area contributed by atoms with E-state index in [1.165, 1.54) is 12.3 Å². The molecular weight excluding hydrogens is 326 g/mol. The minimum Gasteiger partial charge on any atom is -0.508 e. The first kappa shape index (κ1) is 23.3. The molecule has 1 aliphatic heterocycles. The average Bonchev–Trinajstić information content (AvgIpc) is 2.71. The van der Waals surface area contributed by atoms with E-state index in [0.29, 0.717) is 11.5 Å². The van der Waals surface area contributed by atoms with Crippen molar-refractivity contribution in [3.8, 4) is 5.75 Å². The van der Waals surface area contributed by atoms with Crippen LogP contribution in [0.2, 0.25) is 0 Å². The maximum absolute atomic E-state index is 9.32. The molecule has 5 nitrogen and oxygen atoms in total. The van der Waals surface area contributed by atoms with E-state index >= 15 is 0 Å². The van der Waals surface area contributed by atoms with Gasteiger partial charge in [0.1, 0.15) is 17.3 Å². The molecule has 142 valence electrons. The number of aliphatic hydroxyl groups is 1. The topological polar surface area (TPSA) is 66.2 Å². The van der Waals surface area contributed by atoms with Crippen LogP contribution in [0.25, 0.3) is 0 Å². The van der Waals surface area contributed by atoms with Crippen LogP contribution in [-0.2, 0) is 0 Å². The van der Waals surface area contributed by atoms with Gasteiger partial charge in [-0.1, -0.05) is 31.5 Å². The highest BCUT2D eigenvalue weighted by Gasteiger charge is 1.97. The van der Waals surface area contributed by atoms with Gasteiger partial charge in [-0.15, -0.1) is 0 Å². The number of benzene rings is 1. The molecule has 0 unspecified atom stereocenters. The maximum atomic E-state index is 9.32. The second kappa shape index (κ2) is 15.8. The van der Waals surface area contributed by atoms with Gasteiger partial charge in [0.2, 0.25) is 0 Å². The van der Waals surface area contributed by atoms with E-state index in [1.54, 1.807) is 19.1 Å². The van der Waals surface area contributed by atoms with Crippen LogP contribution in [0.1, 0.15) is 26.3 Å². The molecule has 0 spiro atoms. The lowest BCUT2D eigenvalue weighted by Crippen LogP contribution is -2.23. The van der Waals surface area contributed by atoms with Crippen LogP contribution >= 0.6 is 0 Å². The normalized spacial score (nSPS) is 14.0. The molecule has 2 rings (SSSR count). The summed E-state index contributed by atoms with van der Waals surface area (Å²) < 4.78 is 5.61. The van der Waals surface area contributed by atoms with Gasteiger partial charge >= 0.3 is 0 Å². The lowest BCUT2D eigenvalue weighted by Gasteiger charge is -2.05. The fourth-order valence-electron chi connectivity index (χ4n) is 1.67. The third-order valence-corrected chi connectivity index (χ3v) is 2.97. The van der Waals surface area contributed by atoms with Crippen molar-refractivity contribution in [3.05, 3.63) is 65.8 Å². The Morgan fingerprint density at radius 3 is 2.38 bits per heavy atom. The quantitative estimate of drug-likeness (QED) is 0.459. The fourth-order valence-corrected chi connectivity index (χ4v) is 1.67. The van der Waals surface area contributed by atoms with Crippen LogP contribution in [0, 0.1) is 6.92 Å². The molecule has 0 atom stereocenters. The van der Waals surface area contributed by atoms with Gasteiger partial charge < -0.3 is 15.2 Å². The Kier molecular flexibility index (Phi) is 14.2. The molecule has 0 amide bonds. The van der Waals surface area contributed by atoms with Crippen LogP contribution in [-0.4, -0.2) is 37.7 Å². The molecule has 1 aromatic rings. The van der Waals surface area contributed by atoms with E-state index in [1.807, 2.05) is 51.3 Å². The average molecular weight is 357 g/mol. The lowest BCUT2D eigenvalue weighted by molar-refractivity contribution is 0.426. The number of rotatable bonds is 5. The minimum atomic E-state index is 0.164. The number of nitrogens with zero attached hydrogens (tertiary/aromatic N) is 2. The molecule has 1 heterocycles. The molecule has 1 aliphatic rings. The predicted octanol–water partition coefficient (Wildman–Crippen LogP) is 4.62. The van der Waals surface area contributed by atoms with Crippen LogP contribution < -0.4 is 10.1 Å². The van der Waals surface area contributed by atoms with Gasteiger partial charge in [-0.3, -0.25) is 9.98 Å². The molecule has 0 saturated carbocycles. The molecule has 2 N–H and O–H groups in total. The molecule has 0 aromatic heterocycles. The largest absolute Gasteiger partial charge is 0.508 e. The maximum Gasteiger partial charge on any atom is 0.145 e. The Morgan fingerprint density at radius 2 is 1.96 bits per heavy atom. The van der Waals surface area contributed by atoms with E-state index in [2.05, 4.69) is 22.0 Å². The van der Waals surface area contributed by atoms with E-state index in [0.717, 1.165) is 25.2 Å². The highest BCUT2D eigenvalue weighted by Crippen LogP contribution is 2.15. The summed E-state index contributed by atoms with van der Waals surface area (Å²) in [4.78, 5) is 7.65. The molecule has 0 aliphatic carbocycles. The lowest BCUT2D eigenvalue weighted by atomic mass is 10.2. The summed E-state index contributed by atoms with van der Waals surface area (Å²) in [6, 6.07) is 7.66. The Labute approximate surface area is 157 Å². The molecule has 1 aromatic carbocycles. The predicted molar refractivity (Wildman–Crippen MR) is 113 cm³/mol. The molecule has 5 heteroatoms. The first-order valence-electron chi connectivity index (χ1n) is 8.78. The van der Waals surface area contributed by atoms with Gasteiger partial charge in [-0.25, -0.2) is 0 Å². The summed E-state index contributed by atoms with van der Waals surface area (Å²) >= 11 is 0.